The van der Waals surface area contributed by atoms with Crippen LogP contribution in [0.25, 0.3) is 0 Å². The highest BCUT2D eigenvalue weighted by atomic mass is 35.5. The molecule has 1 heterocycles. The van der Waals surface area contributed by atoms with Crippen LogP contribution in [0, 0.1) is 43.9 Å². The average molecular weight is 493 g/mol. The zero-order chi connectivity index (χ0) is 23.1. The molecule has 4 aliphatic carbocycles. The Labute approximate surface area is 197 Å². The van der Waals surface area contributed by atoms with Gasteiger partial charge in [-0.2, -0.15) is 9.78 Å². The van der Waals surface area contributed by atoms with Crippen molar-refractivity contribution in [2.24, 2.45) is 23.7 Å². The van der Waals surface area contributed by atoms with Crippen LogP contribution in [0.15, 0.2) is 36.4 Å². The molecule has 5 unspecified atom stereocenters. The summed E-state index contributed by atoms with van der Waals surface area (Å²) >= 11 is 12.1. The Morgan fingerprint density at radius 3 is 2.00 bits per heavy atom. The Morgan fingerprint density at radius 1 is 0.848 bits per heavy atom. The van der Waals surface area contributed by atoms with Crippen molar-refractivity contribution >= 4 is 34.6 Å². The maximum atomic E-state index is 11.6. The van der Waals surface area contributed by atoms with Crippen molar-refractivity contribution in [3.05, 3.63) is 77.8 Å². The van der Waals surface area contributed by atoms with Gasteiger partial charge >= 0.3 is 0 Å². The van der Waals surface area contributed by atoms with Crippen LogP contribution in [0.3, 0.4) is 0 Å². The molecule has 1 spiro atoms. The van der Waals surface area contributed by atoms with E-state index in [0.29, 0.717) is 11.8 Å². The van der Waals surface area contributed by atoms with E-state index in [2.05, 4.69) is 0 Å². The quantitative estimate of drug-likeness (QED) is 0.303. The normalized spacial score (nSPS) is 33.2. The lowest BCUT2D eigenvalue weighted by molar-refractivity contribution is -0.385. The van der Waals surface area contributed by atoms with Gasteiger partial charge in [0, 0.05) is 35.1 Å². The molecule has 4 saturated carbocycles. The van der Waals surface area contributed by atoms with E-state index in [4.69, 9.17) is 37.7 Å². The van der Waals surface area contributed by atoms with Gasteiger partial charge in [0.1, 0.15) is 10.0 Å². The molecule has 2 aromatic rings. The lowest BCUT2D eigenvalue weighted by Gasteiger charge is -2.39. The van der Waals surface area contributed by atoms with Crippen molar-refractivity contribution in [3.63, 3.8) is 0 Å². The van der Waals surface area contributed by atoms with Gasteiger partial charge in [0.15, 0.2) is 0 Å². The Bertz CT molecular complexity index is 1140. The van der Waals surface area contributed by atoms with Gasteiger partial charge in [-0.15, -0.1) is 0 Å². The molecule has 5 atom stereocenters. The monoisotopic (exact) mass is 492 g/mol. The van der Waals surface area contributed by atoms with Gasteiger partial charge < -0.3 is 4.74 Å². The van der Waals surface area contributed by atoms with Gasteiger partial charge in [0.05, 0.1) is 9.85 Å². The fraction of sp³-hybridized carbons (Fsp3) is 0.455. The molecule has 9 nitrogen and oxygen atoms in total. The second kappa shape index (κ2) is 7.10. The highest BCUT2D eigenvalue weighted by Crippen LogP contribution is 2.68. The lowest BCUT2D eigenvalue weighted by Crippen LogP contribution is -2.46. The zero-order valence-electron chi connectivity index (χ0n) is 17.1. The predicted molar refractivity (Wildman–Crippen MR) is 115 cm³/mol. The van der Waals surface area contributed by atoms with Crippen LogP contribution in [0.4, 0.5) is 11.4 Å². The molecule has 172 valence electrons. The summed E-state index contributed by atoms with van der Waals surface area (Å²) in [4.78, 5) is 33.9. The minimum atomic E-state index is -1.76. The van der Waals surface area contributed by atoms with E-state index in [9.17, 15) is 20.2 Å². The van der Waals surface area contributed by atoms with Crippen molar-refractivity contribution in [1.82, 2.24) is 0 Å². The number of halogens is 2. The second-order valence-corrected chi connectivity index (χ2v) is 10.1. The lowest BCUT2D eigenvalue weighted by atomic mass is 9.78. The first-order valence-corrected chi connectivity index (χ1v) is 11.4. The first-order valence-electron chi connectivity index (χ1n) is 10.7. The van der Waals surface area contributed by atoms with Crippen LogP contribution < -0.4 is 0 Å². The number of nitro groups is 2. The molecule has 0 aromatic heterocycles. The van der Waals surface area contributed by atoms with Crippen LogP contribution in [-0.2, 0) is 20.3 Å². The largest absolute Gasteiger partial charge is 0.304 e. The summed E-state index contributed by atoms with van der Waals surface area (Å²) in [6.07, 6.45) is 4.00. The summed E-state index contributed by atoms with van der Waals surface area (Å²) in [6.45, 7) is 0. The third-order valence-electron chi connectivity index (χ3n) is 7.72. The number of hydrogen-bond acceptors (Lipinski definition) is 7. The molecule has 7 rings (SSSR count). The number of benzene rings is 2. The number of nitro benzene ring substituents is 2. The van der Waals surface area contributed by atoms with Crippen LogP contribution >= 0.6 is 23.2 Å². The van der Waals surface area contributed by atoms with E-state index < -0.39 is 21.4 Å². The van der Waals surface area contributed by atoms with E-state index in [0.717, 1.165) is 25.7 Å². The Hall–Kier alpha value is -2.30. The Morgan fingerprint density at radius 2 is 1.45 bits per heavy atom. The van der Waals surface area contributed by atoms with Gasteiger partial charge in [-0.05, 0) is 49.7 Å². The summed E-state index contributed by atoms with van der Waals surface area (Å²) in [6, 6.07) is 8.37. The third kappa shape index (κ3) is 2.90. The molecule has 5 fully saturated rings. The molecule has 1 saturated heterocycles. The van der Waals surface area contributed by atoms with Gasteiger partial charge in [0.25, 0.3) is 17.2 Å². The third-order valence-corrected chi connectivity index (χ3v) is 8.36. The topological polar surface area (TPSA) is 114 Å². The van der Waals surface area contributed by atoms with Gasteiger partial charge in [-0.1, -0.05) is 35.3 Å². The van der Waals surface area contributed by atoms with E-state index in [-0.39, 0.29) is 44.4 Å². The molecule has 2 aromatic carbocycles. The van der Waals surface area contributed by atoms with Crippen molar-refractivity contribution in [1.29, 1.82) is 0 Å². The maximum absolute atomic E-state index is 11.6. The number of ether oxygens (including phenoxy) is 1. The summed E-state index contributed by atoms with van der Waals surface area (Å²) < 4.78 is 6.71. The van der Waals surface area contributed by atoms with Crippen molar-refractivity contribution in [2.45, 2.75) is 37.3 Å². The van der Waals surface area contributed by atoms with Crippen LogP contribution in [-0.4, -0.2) is 15.6 Å². The fourth-order valence-corrected chi connectivity index (χ4v) is 6.82. The number of nitrogens with zero attached hydrogens (tertiary/aromatic N) is 2. The van der Waals surface area contributed by atoms with E-state index in [1.807, 2.05) is 0 Å². The van der Waals surface area contributed by atoms with Gasteiger partial charge in [-0.3, -0.25) is 20.2 Å². The van der Waals surface area contributed by atoms with Crippen molar-refractivity contribution in [3.8, 4) is 0 Å². The number of hydrogen-bond donors (Lipinski definition) is 0. The Balaban J connectivity index is 1.53. The summed E-state index contributed by atoms with van der Waals surface area (Å²) in [7, 11) is 0. The molecular weight excluding hydrogens is 475 g/mol. The maximum Gasteiger partial charge on any atom is 0.288 e. The number of rotatable bonds is 4. The molecule has 11 heteroatoms. The zero-order valence-corrected chi connectivity index (χ0v) is 18.6. The smallest absolute Gasteiger partial charge is 0.288 e. The summed E-state index contributed by atoms with van der Waals surface area (Å²) in [5.41, 5.74) is -0.160. The van der Waals surface area contributed by atoms with Crippen molar-refractivity contribution in [2.75, 3.05) is 0 Å². The van der Waals surface area contributed by atoms with Crippen LogP contribution in [0.1, 0.15) is 36.8 Å². The second-order valence-electron chi connectivity index (χ2n) is 9.33. The van der Waals surface area contributed by atoms with Crippen molar-refractivity contribution < 1.29 is 24.4 Å². The molecule has 0 amide bonds. The molecule has 4 bridgehead atoms. The molecular formula is C22H18Cl2N2O7. The highest BCUT2D eigenvalue weighted by Gasteiger charge is 2.71. The first-order chi connectivity index (χ1) is 15.7. The molecule has 0 N–H and O–H groups in total. The first kappa shape index (κ1) is 21.2. The predicted octanol–water partition coefficient (Wildman–Crippen LogP) is 5.75. The molecule has 1 aliphatic heterocycles. The van der Waals surface area contributed by atoms with Crippen LogP contribution in [0.5, 0.6) is 0 Å². The molecule has 0 radical (unpaired) electrons. The fourth-order valence-electron chi connectivity index (χ4n) is 6.45. The van der Waals surface area contributed by atoms with Crippen LogP contribution in [0.2, 0.25) is 10.0 Å². The standard InChI is InChI=1S/C22H18Cl2N2O7/c23-17-3-1-13(9-19(17)25(27)28)21(14-2-4-18(24)20(10-14)26(29)30)31-22(33-32-21)15-6-11-5-12(8-15)16(22)7-11/h1-4,9-12,15-16H,5-8H2. The van der Waals surface area contributed by atoms with E-state index in [1.54, 1.807) is 12.1 Å². The van der Waals surface area contributed by atoms with Gasteiger partial charge in [-0.25, -0.2) is 0 Å². The molecule has 5 aliphatic rings. The highest BCUT2D eigenvalue weighted by molar-refractivity contribution is 6.33. The minimum absolute atomic E-state index is 0.0480. The summed E-state index contributed by atoms with van der Waals surface area (Å²) in [5.74, 6) is -1.42. The SMILES string of the molecule is O=[N+]([O-])c1cc(C2(c3ccc(Cl)c([N+](=O)[O-])c3)OOC3(O2)C2CC4CC(C2)C3C4)ccc1Cl. The Kier molecular flexibility index (Phi) is 4.57. The minimum Gasteiger partial charge on any atom is -0.304 e. The van der Waals surface area contributed by atoms with E-state index >= 15 is 0 Å². The van der Waals surface area contributed by atoms with E-state index in [1.165, 1.54) is 24.3 Å². The summed E-state index contributed by atoms with van der Waals surface area (Å²) in [5, 5.41) is 23.1. The molecule has 33 heavy (non-hydrogen) atoms. The average Bonchev–Trinajstić information content (AvgIpc) is 3.38. The van der Waals surface area contributed by atoms with Gasteiger partial charge in [0.2, 0.25) is 5.79 Å².